The highest BCUT2D eigenvalue weighted by Crippen LogP contribution is 2.24. The van der Waals surface area contributed by atoms with E-state index in [-0.39, 0.29) is 5.78 Å². The van der Waals surface area contributed by atoms with Gasteiger partial charge >= 0.3 is 0 Å². The molecule has 0 amide bonds. The second-order valence-electron chi connectivity index (χ2n) is 5.06. The van der Waals surface area contributed by atoms with Crippen LogP contribution in [0.25, 0.3) is 0 Å². The van der Waals surface area contributed by atoms with Gasteiger partial charge in [0.25, 0.3) is 0 Å². The molecule has 0 saturated heterocycles. The lowest BCUT2D eigenvalue weighted by Gasteiger charge is -2.10. The summed E-state index contributed by atoms with van der Waals surface area (Å²) < 4.78 is 1.04. The Labute approximate surface area is 122 Å². The van der Waals surface area contributed by atoms with Crippen molar-refractivity contribution in [3.8, 4) is 0 Å². The van der Waals surface area contributed by atoms with Crippen LogP contribution in [0.3, 0.4) is 0 Å². The van der Waals surface area contributed by atoms with Gasteiger partial charge in [0.05, 0.1) is 0 Å². The lowest BCUT2D eigenvalue weighted by molar-refractivity contribution is 0.103. The number of hydrogen-bond donors (Lipinski definition) is 0. The van der Waals surface area contributed by atoms with Gasteiger partial charge in [-0.2, -0.15) is 0 Å². The van der Waals surface area contributed by atoms with E-state index in [2.05, 4.69) is 15.9 Å². The normalized spacial score (nSPS) is 10.6. The number of hydrogen-bond acceptors (Lipinski definition) is 1. The Hall–Kier alpha value is -1.41. The van der Waals surface area contributed by atoms with Gasteiger partial charge in [-0.05, 0) is 62.6 Å². The first-order valence-electron chi connectivity index (χ1n) is 6.29. The second-order valence-corrected chi connectivity index (χ2v) is 5.92. The van der Waals surface area contributed by atoms with Crippen LogP contribution in [-0.4, -0.2) is 5.78 Å². The van der Waals surface area contributed by atoms with E-state index in [0.717, 1.165) is 37.9 Å². The maximum atomic E-state index is 12.7. The fourth-order valence-corrected chi connectivity index (χ4v) is 2.61. The maximum absolute atomic E-state index is 12.7. The highest BCUT2D eigenvalue weighted by atomic mass is 79.9. The monoisotopic (exact) mass is 316 g/mol. The van der Waals surface area contributed by atoms with E-state index in [1.165, 1.54) is 0 Å². The molecule has 1 nitrogen and oxygen atoms in total. The molecule has 0 spiro atoms. The lowest BCUT2D eigenvalue weighted by atomic mass is 9.94. The average Bonchev–Trinajstić information content (AvgIpc) is 2.36. The minimum atomic E-state index is 0.106. The molecule has 0 atom stereocenters. The number of benzene rings is 2. The van der Waals surface area contributed by atoms with Gasteiger partial charge in [-0.3, -0.25) is 4.79 Å². The zero-order chi connectivity index (χ0) is 14.2. The molecule has 0 fully saturated rings. The van der Waals surface area contributed by atoms with Crippen molar-refractivity contribution >= 4 is 21.7 Å². The molecule has 0 unspecified atom stereocenters. The molecule has 0 N–H and O–H groups in total. The first kappa shape index (κ1) is 14.0. The summed E-state index contributed by atoms with van der Waals surface area (Å²) in [5.41, 5.74) is 5.80. The van der Waals surface area contributed by atoms with E-state index in [0.29, 0.717) is 0 Å². The summed E-state index contributed by atoms with van der Waals surface area (Å²) in [7, 11) is 0. The van der Waals surface area contributed by atoms with Crippen molar-refractivity contribution in [3.63, 3.8) is 0 Å². The van der Waals surface area contributed by atoms with Crippen LogP contribution in [0.15, 0.2) is 34.8 Å². The second kappa shape index (κ2) is 5.30. The van der Waals surface area contributed by atoms with Crippen LogP contribution < -0.4 is 0 Å². The van der Waals surface area contributed by atoms with Gasteiger partial charge in [0, 0.05) is 15.6 Å². The zero-order valence-corrected chi connectivity index (χ0v) is 13.3. The minimum absolute atomic E-state index is 0.106. The predicted molar refractivity (Wildman–Crippen MR) is 83.0 cm³/mol. The molecule has 2 aromatic carbocycles. The number of halogens is 1. The van der Waals surface area contributed by atoms with E-state index in [4.69, 9.17) is 0 Å². The third-order valence-corrected chi connectivity index (χ3v) is 4.24. The molecule has 0 heterocycles. The van der Waals surface area contributed by atoms with Crippen molar-refractivity contribution in [2.75, 3.05) is 0 Å². The van der Waals surface area contributed by atoms with Crippen LogP contribution in [0.2, 0.25) is 0 Å². The van der Waals surface area contributed by atoms with Gasteiger partial charge in [-0.15, -0.1) is 0 Å². The Bertz CT molecular complexity index is 657. The molecule has 2 heteroatoms. The summed E-state index contributed by atoms with van der Waals surface area (Å²) in [6, 6.07) is 9.97. The standard InChI is InChI=1S/C17H17BrO/c1-10-5-6-11(2)14(7-10)17(19)15-8-13(4)16(18)9-12(15)3/h5-9H,1-4H3. The summed E-state index contributed by atoms with van der Waals surface area (Å²) in [5.74, 6) is 0.106. The van der Waals surface area contributed by atoms with E-state index in [1.54, 1.807) is 0 Å². The summed E-state index contributed by atoms with van der Waals surface area (Å²) >= 11 is 3.50. The number of carbonyl (C=O) groups is 1. The molecule has 0 aromatic heterocycles. The topological polar surface area (TPSA) is 17.1 Å². The maximum Gasteiger partial charge on any atom is 0.193 e. The fourth-order valence-electron chi connectivity index (χ4n) is 2.15. The molecule has 0 bridgehead atoms. The molecular weight excluding hydrogens is 300 g/mol. The molecular formula is C17H17BrO. The van der Waals surface area contributed by atoms with Crippen molar-refractivity contribution < 1.29 is 4.79 Å². The van der Waals surface area contributed by atoms with Gasteiger partial charge in [-0.25, -0.2) is 0 Å². The quantitative estimate of drug-likeness (QED) is 0.719. The molecule has 0 saturated carbocycles. The van der Waals surface area contributed by atoms with E-state index in [1.807, 2.05) is 58.0 Å². The van der Waals surface area contributed by atoms with Crippen molar-refractivity contribution in [1.29, 1.82) is 0 Å². The Morgan fingerprint density at radius 3 is 2.16 bits per heavy atom. The SMILES string of the molecule is Cc1ccc(C)c(C(=O)c2cc(C)c(Br)cc2C)c1. The average molecular weight is 317 g/mol. The number of ketones is 1. The summed E-state index contributed by atoms with van der Waals surface area (Å²) in [6.07, 6.45) is 0. The highest BCUT2D eigenvalue weighted by Gasteiger charge is 2.15. The molecule has 19 heavy (non-hydrogen) atoms. The first-order chi connectivity index (χ1) is 8.90. The van der Waals surface area contributed by atoms with Gasteiger partial charge in [0.1, 0.15) is 0 Å². The smallest absolute Gasteiger partial charge is 0.193 e. The largest absolute Gasteiger partial charge is 0.289 e. The van der Waals surface area contributed by atoms with Crippen molar-refractivity contribution in [2.24, 2.45) is 0 Å². The zero-order valence-electron chi connectivity index (χ0n) is 11.7. The number of aryl methyl sites for hydroxylation is 4. The van der Waals surface area contributed by atoms with Crippen LogP contribution in [0.1, 0.15) is 38.2 Å². The predicted octanol–water partition coefficient (Wildman–Crippen LogP) is 4.91. The molecule has 0 aliphatic carbocycles. The third-order valence-electron chi connectivity index (χ3n) is 3.39. The highest BCUT2D eigenvalue weighted by molar-refractivity contribution is 9.10. The van der Waals surface area contributed by atoms with Crippen LogP contribution in [0.5, 0.6) is 0 Å². The van der Waals surface area contributed by atoms with Crippen molar-refractivity contribution in [2.45, 2.75) is 27.7 Å². The molecule has 98 valence electrons. The first-order valence-corrected chi connectivity index (χ1v) is 7.08. The van der Waals surface area contributed by atoms with E-state index >= 15 is 0 Å². The van der Waals surface area contributed by atoms with Crippen LogP contribution >= 0.6 is 15.9 Å². The lowest BCUT2D eigenvalue weighted by Crippen LogP contribution is -2.07. The summed E-state index contributed by atoms with van der Waals surface area (Å²) in [5, 5.41) is 0. The van der Waals surface area contributed by atoms with Gasteiger partial charge < -0.3 is 0 Å². The molecule has 0 aliphatic rings. The Morgan fingerprint density at radius 1 is 0.842 bits per heavy atom. The Balaban J connectivity index is 2.56. The third kappa shape index (κ3) is 2.79. The minimum Gasteiger partial charge on any atom is -0.289 e. The molecule has 0 aliphatic heterocycles. The molecule has 2 rings (SSSR count). The van der Waals surface area contributed by atoms with Gasteiger partial charge in [-0.1, -0.05) is 33.6 Å². The van der Waals surface area contributed by atoms with Crippen LogP contribution in [0.4, 0.5) is 0 Å². The summed E-state index contributed by atoms with van der Waals surface area (Å²) in [6.45, 7) is 7.97. The fraction of sp³-hybridized carbons (Fsp3) is 0.235. The van der Waals surface area contributed by atoms with Gasteiger partial charge in [0.15, 0.2) is 5.78 Å². The summed E-state index contributed by atoms with van der Waals surface area (Å²) in [4.78, 5) is 12.7. The van der Waals surface area contributed by atoms with E-state index < -0.39 is 0 Å². The van der Waals surface area contributed by atoms with Crippen LogP contribution in [-0.2, 0) is 0 Å². The molecule has 2 aromatic rings. The Kier molecular flexibility index (Phi) is 3.91. The molecule has 0 radical (unpaired) electrons. The van der Waals surface area contributed by atoms with Crippen molar-refractivity contribution in [1.82, 2.24) is 0 Å². The van der Waals surface area contributed by atoms with E-state index in [9.17, 15) is 4.79 Å². The number of rotatable bonds is 2. The van der Waals surface area contributed by atoms with Gasteiger partial charge in [0.2, 0.25) is 0 Å². The van der Waals surface area contributed by atoms with Crippen molar-refractivity contribution in [3.05, 3.63) is 68.2 Å². The Morgan fingerprint density at radius 2 is 1.47 bits per heavy atom. The number of carbonyl (C=O) groups excluding carboxylic acids is 1. The van der Waals surface area contributed by atoms with Crippen LogP contribution in [0, 0.1) is 27.7 Å².